The van der Waals surface area contributed by atoms with Crippen LogP contribution in [0.4, 0.5) is 0 Å². The summed E-state index contributed by atoms with van der Waals surface area (Å²) in [7, 11) is 0. The highest BCUT2D eigenvalue weighted by Crippen LogP contribution is 2.44. The van der Waals surface area contributed by atoms with Gasteiger partial charge in [0.25, 0.3) is 0 Å². The van der Waals surface area contributed by atoms with E-state index in [9.17, 15) is 15.0 Å². The molecule has 0 heterocycles. The third-order valence-corrected chi connectivity index (χ3v) is 5.91. The molecule has 0 spiro atoms. The summed E-state index contributed by atoms with van der Waals surface area (Å²) in [6.07, 6.45) is 7.73. The molecular formula is C22H31ClO4. The van der Waals surface area contributed by atoms with E-state index in [2.05, 4.69) is 6.08 Å². The summed E-state index contributed by atoms with van der Waals surface area (Å²) >= 11 is 6.51. The molecule has 4 nitrogen and oxygen atoms in total. The molecule has 1 fully saturated rings. The molecule has 0 saturated heterocycles. The molecule has 0 aromatic heterocycles. The summed E-state index contributed by atoms with van der Waals surface area (Å²) < 4.78 is 0. The summed E-state index contributed by atoms with van der Waals surface area (Å²) in [5, 5.41) is 29.2. The summed E-state index contributed by atoms with van der Waals surface area (Å²) in [6.45, 7) is 2.05. The van der Waals surface area contributed by atoms with Crippen molar-refractivity contribution in [1.82, 2.24) is 0 Å². The minimum absolute atomic E-state index is 0.0199. The largest absolute Gasteiger partial charge is 0.481 e. The van der Waals surface area contributed by atoms with E-state index in [4.69, 9.17) is 16.7 Å². The van der Waals surface area contributed by atoms with E-state index in [0.29, 0.717) is 12.8 Å². The topological polar surface area (TPSA) is 77.8 Å². The third kappa shape index (κ3) is 6.34. The van der Waals surface area contributed by atoms with Gasteiger partial charge in [0, 0.05) is 17.7 Å². The number of carboxylic acid groups (broad SMARTS) is 1. The molecule has 1 aromatic rings. The third-order valence-electron chi connectivity index (χ3n) is 5.41. The van der Waals surface area contributed by atoms with Crippen molar-refractivity contribution in [3.63, 3.8) is 0 Å². The van der Waals surface area contributed by atoms with Crippen molar-refractivity contribution >= 4 is 17.6 Å². The molecule has 5 atom stereocenters. The number of aliphatic hydroxyl groups excluding tert-OH is 2. The lowest BCUT2D eigenvalue weighted by molar-refractivity contribution is -0.137. The number of alkyl halides is 1. The first-order valence-corrected chi connectivity index (χ1v) is 10.3. The number of carboxylic acids is 1. The highest BCUT2D eigenvalue weighted by atomic mass is 35.5. The van der Waals surface area contributed by atoms with Crippen LogP contribution in [-0.2, 0) is 4.79 Å². The Morgan fingerprint density at radius 2 is 2.00 bits per heavy atom. The standard InChI is InChI=1S/C22H31ClO4/c1-2-7-19(24)15-10-12-16(13-11-15)22-17(18(23)14-20(22)25)8-5-3-4-6-9-21(26)27/h3,5,10-13,17-20,22,24-25H,2,4,6-9,14H2,1H3,(H,26,27)/t17-,18+,19?,20+,22+/m0/s1. The second-order valence-electron chi connectivity index (χ2n) is 7.47. The zero-order valence-electron chi connectivity index (χ0n) is 15.9. The van der Waals surface area contributed by atoms with Crippen LogP contribution in [0.1, 0.15) is 75.0 Å². The molecule has 0 radical (unpaired) electrons. The minimum Gasteiger partial charge on any atom is -0.481 e. The van der Waals surface area contributed by atoms with Crippen molar-refractivity contribution in [2.75, 3.05) is 0 Å². The smallest absolute Gasteiger partial charge is 0.303 e. The number of unbranched alkanes of at least 4 members (excludes halogenated alkanes) is 1. The molecule has 150 valence electrons. The number of carbonyl (C=O) groups is 1. The van der Waals surface area contributed by atoms with E-state index in [1.807, 2.05) is 37.3 Å². The predicted octanol–water partition coefficient (Wildman–Crippen LogP) is 4.79. The fourth-order valence-electron chi connectivity index (χ4n) is 3.95. The second-order valence-corrected chi connectivity index (χ2v) is 8.03. The highest BCUT2D eigenvalue weighted by molar-refractivity contribution is 6.21. The lowest BCUT2D eigenvalue weighted by Gasteiger charge is -2.23. The maximum absolute atomic E-state index is 10.5. The first-order valence-electron chi connectivity index (χ1n) is 9.90. The van der Waals surface area contributed by atoms with E-state index in [1.165, 1.54) is 0 Å². The molecular weight excluding hydrogens is 364 g/mol. The van der Waals surface area contributed by atoms with E-state index < -0.39 is 18.2 Å². The van der Waals surface area contributed by atoms with E-state index in [1.54, 1.807) is 0 Å². The van der Waals surface area contributed by atoms with Gasteiger partial charge < -0.3 is 15.3 Å². The highest BCUT2D eigenvalue weighted by Gasteiger charge is 2.41. The monoisotopic (exact) mass is 394 g/mol. The Morgan fingerprint density at radius 1 is 1.30 bits per heavy atom. The number of hydrogen-bond donors (Lipinski definition) is 3. The van der Waals surface area contributed by atoms with Gasteiger partial charge in [0.2, 0.25) is 0 Å². The van der Waals surface area contributed by atoms with Gasteiger partial charge in [-0.25, -0.2) is 0 Å². The Labute approximate surface area is 166 Å². The van der Waals surface area contributed by atoms with Gasteiger partial charge in [0.15, 0.2) is 0 Å². The van der Waals surface area contributed by atoms with Gasteiger partial charge in [-0.1, -0.05) is 49.8 Å². The number of aliphatic hydroxyl groups is 2. The number of allylic oxidation sites excluding steroid dienone is 2. The van der Waals surface area contributed by atoms with Crippen molar-refractivity contribution in [2.24, 2.45) is 5.92 Å². The Balaban J connectivity index is 2.00. The quantitative estimate of drug-likeness (QED) is 0.303. The summed E-state index contributed by atoms with van der Waals surface area (Å²) in [6, 6.07) is 7.90. The fourth-order valence-corrected chi connectivity index (χ4v) is 4.39. The first kappa shape index (κ1) is 21.9. The zero-order valence-corrected chi connectivity index (χ0v) is 16.7. The average Bonchev–Trinajstić information content (AvgIpc) is 2.91. The summed E-state index contributed by atoms with van der Waals surface area (Å²) in [4.78, 5) is 10.5. The summed E-state index contributed by atoms with van der Waals surface area (Å²) in [5.74, 6) is -0.645. The van der Waals surface area contributed by atoms with Gasteiger partial charge in [-0.15, -0.1) is 11.6 Å². The first-order chi connectivity index (χ1) is 12.9. The number of hydrogen-bond acceptors (Lipinski definition) is 3. The Hall–Kier alpha value is -1.36. The maximum atomic E-state index is 10.5. The van der Waals surface area contributed by atoms with Crippen LogP contribution < -0.4 is 0 Å². The Kier molecular flexibility index (Phi) is 8.81. The normalized spacial score (nSPS) is 26.5. The van der Waals surface area contributed by atoms with E-state index in [-0.39, 0.29) is 23.6 Å². The maximum Gasteiger partial charge on any atom is 0.303 e. The van der Waals surface area contributed by atoms with Gasteiger partial charge in [0.05, 0.1) is 12.2 Å². The van der Waals surface area contributed by atoms with Crippen LogP contribution in [-0.4, -0.2) is 32.8 Å². The molecule has 1 saturated carbocycles. The van der Waals surface area contributed by atoms with Crippen LogP contribution in [0.25, 0.3) is 0 Å². The van der Waals surface area contributed by atoms with Gasteiger partial charge in [-0.05, 0) is 49.1 Å². The van der Waals surface area contributed by atoms with Gasteiger partial charge in [0.1, 0.15) is 0 Å². The van der Waals surface area contributed by atoms with Crippen LogP contribution in [0, 0.1) is 5.92 Å². The van der Waals surface area contributed by atoms with E-state index >= 15 is 0 Å². The number of benzene rings is 1. The Bertz CT molecular complexity index is 613. The molecule has 2 rings (SSSR count). The zero-order chi connectivity index (χ0) is 19.8. The van der Waals surface area contributed by atoms with Crippen LogP contribution >= 0.6 is 11.6 Å². The minimum atomic E-state index is -0.768. The van der Waals surface area contributed by atoms with Crippen molar-refractivity contribution in [3.05, 3.63) is 47.5 Å². The van der Waals surface area contributed by atoms with Crippen molar-refractivity contribution < 1.29 is 20.1 Å². The van der Waals surface area contributed by atoms with Crippen molar-refractivity contribution in [2.45, 2.75) is 75.4 Å². The Morgan fingerprint density at radius 3 is 2.63 bits per heavy atom. The lowest BCUT2D eigenvalue weighted by atomic mass is 9.84. The molecule has 1 aliphatic rings. The number of halogens is 1. The van der Waals surface area contributed by atoms with E-state index in [0.717, 1.165) is 36.8 Å². The van der Waals surface area contributed by atoms with Gasteiger partial charge in [-0.2, -0.15) is 0 Å². The second kappa shape index (κ2) is 10.8. The molecule has 0 amide bonds. The molecule has 1 unspecified atom stereocenters. The van der Waals surface area contributed by atoms with Crippen molar-refractivity contribution in [3.8, 4) is 0 Å². The average molecular weight is 395 g/mol. The fraction of sp³-hybridized carbons (Fsp3) is 0.591. The molecule has 1 aromatic carbocycles. The van der Waals surface area contributed by atoms with Gasteiger partial charge >= 0.3 is 5.97 Å². The van der Waals surface area contributed by atoms with Crippen LogP contribution in [0.3, 0.4) is 0 Å². The van der Waals surface area contributed by atoms with Crippen LogP contribution in [0.5, 0.6) is 0 Å². The predicted molar refractivity (Wildman–Crippen MR) is 108 cm³/mol. The van der Waals surface area contributed by atoms with Gasteiger partial charge in [-0.3, -0.25) is 4.79 Å². The molecule has 0 bridgehead atoms. The van der Waals surface area contributed by atoms with Crippen LogP contribution in [0.2, 0.25) is 0 Å². The molecule has 3 N–H and O–H groups in total. The molecule has 0 aliphatic heterocycles. The molecule has 27 heavy (non-hydrogen) atoms. The number of rotatable bonds is 10. The van der Waals surface area contributed by atoms with Crippen molar-refractivity contribution in [1.29, 1.82) is 0 Å². The lowest BCUT2D eigenvalue weighted by Crippen LogP contribution is -2.18. The SMILES string of the molecule is CCCC(O)c1ccc([C@@H]2[C@@H](CC=CCCCC(=O)O)[C@H](Cl)C[C@H]2O)cc1. The molecule has 5 heteroatoms. The summed E-state index contributed by atoms with van der Waals surface area (Å²) in [5.41, 5.74) is 1.97. The molecule has 1 aliphatic carbocycles. The van der Waals surface area contributed by atoms with Crippen LogP contribution in [0.15, 0.2) is 36.4 Å². The number of aliphatic carboxylic acids is 1.